The van der Waals surface area contributed by atoms with Gasteiger partial charge in [-0.1, -0.05) is 49.7 Å². The molecule has 0 radical (unpaired) electrons. The topological polar surface area (TPSA) is 59.8 Å². The van der Waals surface area contributed by atoms with E-state index in [-0.39, 0.29) is 17.1 Å². The number of fused-ring (bicyclic) bond motifs is 2. The molecule has 4 aromatic rings. The van der Waals surface area contributed by atoms with Gasteiger partial charge in [0, 0.05) is 6.54 Å². The summed E-state index contributed by atoms with van der Waals surface area (Å²) in [5.41, 5.74) is 3.41. The standard InChI is InChI=1S/C29H27NO4/c1-4-5-14-30-26(20-10-9-13-22(17-20)33-21-11-7-6-8-12-21)25-27(31)24-19(3)15-18(2)16-23(24)34-28(25)29(30)32/h6-13,15-17,26H,4-5,14H2,1-3H3. The summed E-state index contributed by atoms with van der Waals surface area (Å²) >= 11 is 0. The summed E-state index contributed by atoms with van der Waals surface area (Å²) in [6, 6.07) is 20.4. The van der Waals surface area contributed by atoms with Crippen LogP contribution in [0.25, 0.3) is 11.0 Å². The lowest BCUT2D eigenvalue weighted by molar-refractivity contribution is 0.0725. The number of benzene rings is 3. The summed E-state index contributed by atoms with van der Waals surface area (Å²) in [6.07, 6.45) is 1.77. The zero-order chi connectivity index (χ0) is 23.8. The monoisotopic (exact) mass is 453 g/mol. The van der Waals surface area contributed by atoms with Crippen LogP contribution in [0.15, 0.2) is 75.9 Å². The predicted octanol–water partition coefficient (Wildman–Crippen LogP) is 6.55. The third-order valence-corrected chi connectivity index (χ3v) is 6.32. The van der Waals surface area contributed by atoms with Crippen LogP contribution in [-0.2, 0) is 0 Å². The van der Waals surface area contributed by atoms with Gasteiger partial charge in [-0.25, -0.2) is 0 Å². The van der Waals surface area contributed by atoms with E-state index in [1.54, 1.807) is 4.90 Å². The van der Waals surface area contributed by atoms with E-state index in [0.29, 0.717) is 28.8 Å². The Morgan fingerprint density at radius 3 is 2.47 bits per heavy atom. The lowest BCUT2D eigenvalue weighted by Gasteiger charge is -2.25. The van der Waals surface area contributed by atoms with E-state index in [9.17, 15) is 9.59 Å². The van der Waals surface area contributed by atoms with Gasteiger partial charge in [-0.15, -0.1) is 0 Å². The minimum absolute atomic E-state index is 0.138. The molecule has 5 heteroatoms. The average molecular weight is 454 g/mol. The van der Waals surface area contributed by atoms with Crippen LogP contribution in [0.3, 0.4) is 0 Å². The molecule has 5 rings (SSSR count). The average Bonchev–Trinajstić information content (AvgIpc) is 3.10. The molecule has 1 aromatic heterocycles. The SMILES string of the molecule is CCCCN1C(=O)c2oc3cc(C)cc(C)c3c(=O)c2C1c1cccc(Oc2ccccc2)c1. The predicted molar refractivity (Wildman–Crippen MR) is 133 cm³/mol. The fourth-order valence-electron chi connectivity index (χ4n) is 4.79. The second kappa shape index (κ2) is 8.82. The van der Waals surface area contributed by atoms with Crippen molar-refractivity contribution in [3.63, 3.8) is 0 Å². The zero-order valence-electron chi connectivity index (χ0n) is 19.6. The largest absolute Gasteiger partial charge is 0.457 e. The van der Waals surface area contributed by atoms with Crippen molar-refractivity contribution in [1.29, 1.82) is 0 Å². The first kappa shape index (κ1) is 22.0. The normalized spacial score (nSPS) is 15.1. The van der Waals surface area contributed by atoms with Crippen molar-refractivity contribution in [3.05, 3.63) is 105 Å². The maximum absolute atomic E-state index is 13.8. The van der Waals surface area contributed by atoms with Crippen LogP contribution in [-0.4, -0.2) is 17.4 Å². The molecule has 172 valence electrons. The van der Waals surface area contributed by atoms with Gasteiger partial charge in [0.1, 0.15) is 17.1 Å². The molecule has 1 aliphatic heterocycles. The molecule has 2 heterocycles. The van der Waals surface area contributed by atoms with Gasteiger partial charge < -0.3 is 14.1 Å². The second-order valence-electron chi connectivity index (χ2n) is 8.87. The van der Waals surface area contributed by atoms with Crippen LogP contribution in [0.2, 0.25) is 0 Å². The van der Waals surface area contributed by atoms with Gasteiger partial charge in [0.2, 0.25) is 5.76 Å². The van der Waals surface area contributed by atoms with Gasteiger partial charge in [-0.2, -0.15) is 0 Å². The Kier molecular flexibility index (Phi) is 5.70. The van der Waals surface area contributed by atoms with E-state index in [1.165, 1.54) is 0 Å². The highest BCUT2D eigenvalue weighted by Crippen LogP contribution is 2.40. The highest BCUT2D eigenvalue weighted by Gasteiger charge is 2.42. The molecule has 0 bridgehead atoms. The molecule has 34 heavy (non-hydrogen) atoms. The van der Waals surface area contributed by atoms with Crippen molar-refractivity contribution in [1.82, 2.24) is 4.90 Å². The quantitative estimate of drug-likeness (QED) is 0.332. The molecule has 1 atom stereocenters. The van der Waals surface area contributed by atoms with E-state index >= 15 is 0 Å². The number of amides is 1. The summed E-state index contributed by atoms with van der Waals surface area (Å²) in [7, 11) is 0. The molecule has 0 saturated heterocycles. The van der Waals surface area contributed by atoms with Crippen molar-refractivity contribution in [2.75, 3.05) is 6.54 Å². The zero-order valence-corrected chi connectivity index (χ0v) is 19.6. The smallest absolute Gasteiger partial charge is 0.290 e. The van der Waals surface area contributed by atoms with E-state index in [1.807, 2.05) is 80.6 Å². The molecule has 1 amide bonds. The van der Waals surface area contributed by atoms with Crippen LogP contribution >= 0.6 is 0 Å². The molecule has 5 nitrogen and oxygen atoms in total. The molecule has 1 unspecified atom stereocenters. The first-order valence-corrected chi connectivity index (χ1v) is 11.7. The fourth-order valence-corrected chi connectivity index (χ4v) is 4.79. The highest BCUT2D eigenvalue weighted by molar-refractivity contribution is 5.99. The van der Waals surface area contributed by atoms with Crippen molar-refractivity contribution in [2.24, 2.45) is 0 Å². The molecular formula is C29H27NO4. The molecule has 0 spiro atoms. The summed E-state index contributed by atoms with van der Waals surface area (Å²) in [5.74, 6) is 1.29. The third-order valence-electron chi connectivity index (χ3n) is 6.32. The van der Waals surface area contributed by atoms with Crippen molar-refractivity contribution < 1.29 is 13.9 Å². The second-order valence-corrected chi connectivity index (χ2v) is 8.87. The van der Waals surface area contributed by atoms with Gasteiger partial charge in [0.05, 0.1) is 17.0 Å². The van der Waals surface area contributed by atoms with Crippen molar-refractivity contribution in [3.8, 4) is 11.5 Å². The summed E-state index contributed by atoms with van der Waals surface area (Å²) in [5, 5.41) is 0.538. The summed E-state index contributed by atoms with van der Waals surface area (Å²) in [4.78, 5) is 29.1. The maximum atomic E-state index is 13.8. The Hall–Kier alpha value is -3.86. The molecule has 3 aromatic carbocycles. The van der Waals surface area contributed by atoms with Crippen LogP contribution in [0.1, 0.15) is 58.6 Å². The first-order chi connectivity index (χ1) is 16.5. The number of hydrogen-bond acceptors (Lipinski definition) is 4. The van der Waals surface area contributed by atoms with Crippen molar-refractivity contribution in [2.45, 2.75) is 39.7 Å². The number of carbonyl (C=O) groups is 1. The third kappa shape index (κ3) is 3.77. The molecular weight excluding hydrogens is 426 g/mol. The Morgan fingerprint density at radius 1 is 0.941 bits per heavy atom. The van der Waals surface area contributed by atoms with Gasteiger partial charge in [0.15, 0.2) is 5.43 Å². The number of ether oxygens (including phenoxy) is 1. The van der Waals surface area contributed by atoms with Crippen LogP contribution in [0, 0.1) is 13.8 Å². The molecule has 0 saturated carbocycles. The summed E-state index contributed by atoms with van der Waals surface area (Å²) < 4.78 is 12.2. The molecule has 0 N–H and O–H groups in total. The van der Waals surface area contributed by atoms with E-state index in [0.717, 1.165) is 35.3 Å². The van der Waals surface area contributed by atoms with Crippen LogP contribution in [0.4, 0.5) is 0 Å². The minimum atomic E-state index is -0.519. The lowest BCUT2D eigenvalue weighted by atomic mass is 9.96. The Balaban J connectivity index is 1.67. The Labute approximate surface area is 198 Å². The number of carbonyl (C=O) groups excluding carboxylic acids is 1. The molecule has 0 aliphatic carbocycles. The Morgan fingerprint density at radius 2 is 1.71 bits per heavy atom. The Bertz CT molecular complexity index is 1440. The maximum Gasteiger partial charge on any atom is 0.290 e. The van der Waals surface area contributed by atoms with Crippen LogP contribution in [0.5, 0.6) is 11.5 Å². The van der Waals surface area contributed by atoms with E-state index < -0.39 is 6.04 Å². The van der Waals surface area contributed by atoms with E-state index in [2.05, 4.69) is 6.92 Å². The van der Waals surface area contributed by atoms with Gasteiger partial charge in [-0.3, -0.25) is 9.59 Å². The van der Waals surface area contributed by atoms with Gasteiger partial charge in [0.25, 0.3) is 5.91 Å². The number of hydrogen-bond donors (Lipinski definition) is 0. The number of aryl methyl sites for hydroxylation is 2. The number of nitrogens with zero attached hydrogens (tertiary/aromatic N) is 1. The number of para-hydroxylation sites is 1. The number of unbranched alkanes of at least 4 members (excludes halogenated alkanes) is 1. The summed E-state index contributed by atoms with van der Waals surface area (Å²) in [6.45, 7) is 6.49. The van der Waals surface area contributed by atoms with Crippen LogP contribution < -0.4 is 10.2 Å². The lowest BCUT2D eigenvalue weighted by Crippen LogP contribution is -2.30. The van der Waals surface area contributed by atoms with E-state index in [4.69, 9.17) is 9.15 Å². The van der Waals surface area contributed by atoms with Gasteiger partial charge in [-0.05, 0) is 67.3 Å². The first-order valence-electron chi connectivity index (χ1n) is 11.7. The number of rotatable bonds is 6. The minimum Gasteiger partial charge on any atom is -0.457 e. The molecule has 1 aliphatic rings. The fraction of sp³-hybridized carbons (Fsp3) is 0.241. The molecule has 0 fully saturated rings. The van der Waals surface area contributed by atoms with Gasteiger partial charge >= 0.3 is 0 Å². The highest BCUT2D eigenvalue weighted by atomic mass is 16.5. The van der Waals surface area contributed by atoms with Crippen molar-refractivity contribution >= 4 is 16.9 Å².